The second kappa shape index (κ2) is 8.40. The average Bonchev–Trinajstić information content (AvgIpc) is 2.63. The summed E-state index contributed by atoms with van der Waals surface area (Å²) in [5.74, 6) is -0.625. The molecule has 0 spiro atoms. The van der Waals surface area contributed by atoms with E-state index in [0.717, 1.165) is 5.56 Å². The molecule has 0 bridgehead atoms. The van der Waals surface area contributed by atoms with Crippen LogP contribution in [0.2, 0.25) is 0 Å². The van der Waals surface area contributed by atoms with E-state index < -0.39 is 0 Å². The van der Waals surface area contributed by atoms with Crippen LogP contribution in [0.5, 0.6) is 0 Å². The van der Waals surface area contributed by atoms with Gasteiger partial charge in [0.15, 0.2) is 5.78 Å². The van der Waals surface area contributed by atoms with Gasteiger partial charge < -0.3 is 10.6 Å². The molecule has 5 nitrogen and oxygen atoms in total. The van der Waals surface area contributed by atoms with Gasteiger partial charge in [0.2, 0.25) is 11.8 Å². The van der Waals surface area contributed by atoms with Crippen LogP contribution >= 0.6 is 0 Å². The molecule has 0 fully saturated rings. The van der Waals surface area contributed by atoms with Crippen LogP contribution in [-0.4, -0.2) is 17.6 Å². The van der Waals surface area contributed by atoms with E-state index in [9.17, 15) is 14.4 Å². The monoisotopic (exact) mass is 334 g/mol. The summed E-state index contributed by atoms with van der Waals surface area (Å²) in [7, 11) is 0. The van der Waals surface area contributed by atoms with Crippen molar-refractivity contribution >= 4 is 29.0 Å². The number of hydrogen-bond acceptors (Lipinski definition) is 3. The summed E-state index contributed by atoms with van der Waals surface area (Å²) in [5.41, 5.74) is 2.64. The molecule has 0 aliphatic heterocycles. The van der Waals surface area contributed by atoms with Crippen molar-refractivity contribution in [3.8, 4) is 0 Å². The van der Waals surface area contributed by atoms with Crippen LogP contribution in [0.3, 0.4) is 0 Å². The first kappa shape index (κ1) is 17.9. The summed E-state index contributed by atoms with van der Waals surface area (Å²) >= 11 is 0. The first-order chi connectivity index (χ1) is 12.0. The Hall–Kier alpha value is -3.47. The van der Waals surface area contributed by atoms with Crippen LogP contribution in [0.4, 0.5) is 11.4 Å². The molecular weight excluding hydrogens is 316 g/mol. The second-order valence-electron chi connectivity index (χ2n) is 5.26. The number of amides is 2. The molecule has 0 aliphatic carbocycles. The molecule has 0 radical (unpaired) electrons. The Morgan fingerprint density at radius 1 is 0.760 bits per heavy atom. The van der Waals surface area contributed by atoms with Crippen molar-refractivity contribution in [2.75, 3.05) is 10.6 Å². The number of carbonyl (C=O) groups is 3. The molecule has 0 aliphatic rings. The summed E-state index contributed by atoms with van der Waals surface area (Å²) in [4.78, 5) is 34.8. The van der Waals surface area contributed by atoms with Gasteiger partial charge in [0.25, 0.3) is 0 Å². The Labute approximate surface area is 146 Å². The van der Waals surface area contributed by atoms with E-state index >= 15 is 0 Å². The van der Waals surface area contributed by atoms with Crippen molar-refractivity contribution < 1.29 is 14.4 Å². The van der Waals surface area contributed by atoms with E-state index in [4.69, 9.17) is 0 Å². The second-order valence-corrected chi connectivity index (χ2v) is 5.26. The molecule has 2 amide bonds. The third-order valence-corrected chi connectivity index (χ3v) is 3.43. The zero-order valence-electron chi connectivity index (χ0n) is 13.6. The predicted octanol–water partition coefficient (Wildman–Crippen LogP) is 3.36. The molecule has 2 aromatic carbocycles. The molecule has 0 saturated carbocycles. The molecule has 126 valence electrons. The van der Waals surface area contributed by atoms with E-state index in [0.29, 0.717) is 16.9 Å². The molecule has 0 saturated heterocycles. The lowest BCUT2D eigenvalue weighted by Gasteiger charge is -2.06. The largest absolute Gasteiger partial charge is 0.323 e. The van der Waals surface area contributed by atoms with Gasteiger partial charge in [0, 0.05) is 23.4 Å². The smallest absolute Gasteiger partial charge is 0.247 e. The van der Waals surface area contributed by atoms with Crippen LogP contribution in [0.25, 0.3) is 0 Å². The standard InChI is InChI=1S/C20H18N2O3/c1-3-19(24)21-16-9-5-14(6-10-16)13-18(23)15-7-11-17(12-8-15)22-20(25)4-2/h3-12H,1-2,13H2,(H,21,24)(H,22,25). The number of nitrogens with one attached hydrogen (secondary N) is 2. The summed E-state index contributed by atoms with van der Waals surface area (Å²) in [6.45, 7) is 6.77. The SMILES string of the molecule is C=CC(=O)Nc1ccc(CC(=O)c2ccc(NC(=O)C=C)cc2)cc1. The van der Waals surface area contributed by atoms with Crippen LogP contribution in [0.1, 0.15) is 15.9 Å². The number of anilines is 2. The fourth-order valence-corrected chi connectivity index (χ4v) is 2.12. The van der Waals surface area contributed by atoms with E-state index in [1.807, 2.05) is 0 Å². The van der Waals surface area contributed by atoms with E-state index in [-0.39, 0.29) is 24.0 Å². The highest BCUT2D eigenvalue weighted by molar-refractivity contribution is 6.01. The minimum atomic E-state index is -0.303. The number of Topliss-reactive ketones (excluding diaryl/α,β-unsaturated/α-hetero) is 1. The molecule has 0 aromatic heterocycles. The van der Waals surface area contributed by atoms with Gasteiger partial charge in [-0.15, -0.1) is 0 Å². The van der Waals surface area contributed by atoms with Crippen LogP contribution in [-0.2, 0) is 16.0 Å². The number of rotatable bonds is 7. The molecule has 2 aromatic rings. The molecule has 0 unspecified atom stereocenters. The maximum atomic E-state index is 12.3. The third kappa shape index (κ3) is 5.28. The maximum Gasteiger partial charge on any atom is 0.247 e. The first-order valence-electron chi connectivity index (χ1n) is 7.61. The van der Waals surface area contributed by atoms with Gasteiger partial charge >= 0.3 is 0 Å². The maximum absolute atomic E-state index is 12.3. The molecule has 25 heavy (non-hydrogen) atoms. The zero-order chi connectivity index (χ0) is 18.2. The Kier molecular flexibility index (Phi) is 6.01. The van der Waals surface area contributed by atoms with Gasteiger partial charge in [0.05, 0.1) is 0 Å². The topological polar surface area (TPSA) is 75.3 Å². The van der Waals surface area contributed by atoms with Gasteiger partial charge in [-0.1, -0.05) is 25.3 Å². The van der Waals surface area contributed by atoms with Crippen molar-refractivity contribution in [2.24, 2.45) is 0 Å². The summed E-state index contributed by atoms with van der Waals surface area (Å²) < 4.78 is 0. The zero-order valence-corrected chi connectivity index (χ0v) is 13.6. The lowest BCUT2D eigenvalue weighted by atomic mass is 10.0. The van der Waals surface area contributed by atoms with Crippen molar-refractivity contribution in [3.05, 3.63) is 85.0 Å². The minimum Gasteiger partial charge on any atom is -0.323 e. The number of hydrogen-bond donors (Lipinski definition) is 2. The van der Waals surface area contributed by atoms with Crippen molar-refractivity contribution in [1.82, 2.24) is 0 Å². The Morgan fingerprint density at radius 3 is 1.64 bits per heavy atom. The van der Waals surface area contributed by atoms with Crippen LogP contribution in [0, 0.1) is 0 Å². The van der Waals surface area contributed by atoms with Crippen molar-refractivity contribution in [2.45, 2.75) is 6.42 Å². The molecular formula is C20H18N2O3. The number of ketones is 1. The van der Waals surface area contributed by atoms with Gasteiger partial charge in [-0.05, 0) is 54.1 Å². The van der Waals surface area contributed by atoms with Crippen molar-refractivity contribution in [3.63, 3.8) is 0 Å². The number of carbonyl (C=O) groups excluding carboxylic acids is 3. The molecule has 0 heterocycles. The highest BCUT2D eigenvalue weighted by Crippen LogP contribution is 2.14. The minimum absolute atomic E-state index is 0.0375. The normalized spacial score (nSPS) is 9.76. The quantitative estimate of drug-likeness (QED) is 0.602. The fraction of sp³-hybridized carbons (Fsp3) is 0.0500. The van der Waals surface area contributed by atoms with Gasteiger partial charge in [-0.2, -0.15) is 0 Å². The predicted molar refractivity (Wildman–Crippen MR) is 98.6 cm³/mol. The van der Waals surface area contributed by atoms with E-state index in [2.05, 4.69) is 23.8 Å². The first-order valence-corrected chi connectivity index (χ1v) is 7.61. The third-order valence-electron chi connectivity index (χ3n) is 3.43. The van der Waals surface area contributed by atoms with Gasteiger partial charge in [0.1, 0.15) is 0 Å². The molecule has 5 heteroatoms. The highest BCUT2D eigenvalue weighted by Gasteiger charge is 2.08. The van der Waals surface area contributed by atoms with Crippen LogP contribution < -0.4 is 10.6 Å². The Morgan fingerprint density at radius 2 is 1.20 bits per heavy atom. The number of benzene rings is 2. The molecule has 2 rings (SSSR count). The Balaban J connectivity index is 1.99. The highest BCUT2D eigenvalue weighted by atomic mass is 16.2. The van der Waals surface area contributed by atoms with Gasteiger partial charge in [-0.25, -0.2) is 0 Å². The summed E-state index contributed by atoms with van der Waals surface area (Å²) in [6.07, 6.45) is 2.62. The lowest BCUT2D eigenvalue weighted by molar-refractivity contribution is -0.112. The van der Waals surface area contributed by atoms with E-state index in [1.54, 1.807) is 48.5 Å². The summed E-state index contributed by atoms with van der Waals surface area (Å²) in [6, 6.07) is 13.7. The fourth-order valence-electron chi connectivity index (χ4n) is 2.12. The van der Waals surface area contributed by atoms with Gasteiger partial charge in [-0.3, -0.25) is 14.4 Å². The lowest BCUT2D eigenvalue weighted by Crippen LogP contribution is -2.08. The molecule has 0 atom stereocenters. The summed E-state index contributed by atoms with van der Waals surface area (Å²) in [5, 5.41) is 5.27. The van der Waals surface area contributed by atoms with E-state index in [1.165, 1.54) is 12.2 Å². The average molecular weight is 334 g/mol. The van der Waals surface area contributed by atoms with Crippen LogP contribution in [0.15, 0.2) is 73.8 Å². The van der Waals surface area contributed by atoms with Crippen molar-refractivity contribution in [1.29, 1.82) is 0 Å². The Bertz CT molecular complexity index is 806. The molecule has 2 N–H and O–H groups in total.